The molecule has 0 bridgehead atoms. The largest absolute Gasteiger partial charge is 0.298 e. The lowest BCUT2D eigenvalue weighted by Crippen LogP contribution is -2.14. The van der Waals surface area contributed by atoms with Crippen molar-refractivity contribution >= 4 is 40.3 Å². The predicted octanol–water partition coefficient (Wildman–Crippen LogP) is 4.03. The van der Waals surface area contributed by atoms with Crippen molar-refractivity contribution in [2.45, 2.75) is 20.4 Å². The Balaban J connectivity index is 1.92. The number of nitro benzene ring substituents is 1. The summed E-state index contributed by atoms with van der Waals surface area (Å²) in [5, 5.41) is 21.1. The first-order valence-corrected chi connectivity index (χ1v) is 9.35. The number of hydrogen-bond donors (Lipinski definition) is 2. The number of aromatic nitrogens is 4. The Morgan fingerprint density at radius 1 is 1.50 bits per heavy atom. The minimum atomic E-state index is -0.514. The summed E-state index contributed by atoms with van der Waals surface area (Å²) in [5.41, 5.74) is 1.09. The first kappa shape index (κ1) is 19.6. The Morgan fingerprint density at radius 3 is 2.93 bits per heavy atom. The van der Waals surface area contributed by atoms with Crippen LogP contribution < -0.4 is 5.32 Å². The van der Waals surface area contributed by atoms with Crippen molar-refractivity contribution in [2.75, 3.05) is 5.32 Å². The van der Waals surface area contributed by atoms with Gasteiger partial charge in [-0.3, -0.25) is 29.9 Å². The lowest BCUT2D eigenvalue weighted by Gasteiger charge is -2.05. The highest BCUT2D eigenvalue weighted by Crippen LogP contribution is 2.32. The van der Waals surface area contributed by atoms with Crippen LogP contribution in [0.15, 0.2) is 30.9 Å². The second-order valence-corrected chi connectivity index (χ2v) is 7.23. The Kier molecular flexibility index (Phi) is 5.47. The summed E-state index contributed by atoms with van der Waals surface area (Å²) >= 11 is 6.47. The van der Waals surface area contributed by atoms with Crippen LogP contribution in [0.4, 0.5) is 10.8 Å². The van der Waals surface area contributed by atoms with Crippen molar-refractivity contribution in [3.8, 4) is 10.7 Å². The predicted molar refractivity (Wildman–Crippen MR) is 109 cm³/mol. The maximum atomic E-state index is 12.6. The van der Waals surface area contributed by atoms with Crippen LogP contribution in [-0.2, 0) is 6.54 Å². The fraction of sp³-hybridized carbons (Fsp3) is 0.176. The van der Waals surface area contributed by atoms with Crippen LogP contribution in [0.2, 0.25) is 0 Å². The third-order valence-electron chi connectivity index (χ3n) is 4.04. The van der Waals surface area contributed by atoms with Gasteiger partial charge in [0, 0.05) is 23.7 Å². The molecule has 0 radical (unpaired) electrons. The minimum absolute atomic E-state index is 0.108. The molecule has 0 spiro atoms. The van der Waals surface area contributed by atoms with E-state index in [1.165, 1.54) is 29.5 Å². The second-order valence-electron chi connectivity index (χ2n) is 5.85. The van der Waals surface area contributed by atoms with Gasteiger partial charge in [-0.15, -0.1) is 6.58 Å². The van der Waals surface area contributed by atoms with Crippen molar-refractivity contribution in [3.05, 3.63) is 62.6 Å². The quantitative estimate of drug-likeness (QED) is 0.271. The molecule has 28 heavy (non-hydrogen) atoms. The summed E-state index contributed by atoms with van der Waals surface area (Å²) in [6, 6.07) is 4.37. The molecule has 0 saturated carbocycles. The first-order chi connectivity index (χ1) is 13.3. The van der Waals surface area contributed by atoms with Crippen LogP contribution >= 0.6 is 23.6 Å². The van der Waals surface area contributed by atoms with Crippen LogP contribution in [0, 0.1) is 28.7 Å². The van der Waals surface area contributed by atoms with Crippen LogP contribution in [0.5, 0.6) is 0 Å². The smallest absolute Gasteiger partial charge is 0.273 e. The van der Waals surface area contributed by atoms with Crippen LogP contribution in [0.1, 0.15) is 21.6 Å². The van der Waals surface area contributed by atoms with Crippen molar-refractivity contribution in [1.29, 1.82) is 0 Å². The average molecular weight is 416 g/mol. The van der Waals surface area contributed by atoms with E-state index in [0.717, 1.165) is 4.88 Å². The van der Waals surface area contributed by atoms with Crippen LogP contribution in [-0.4, -0.2) is 30.6 Å². The molecule has 0 fully saturated rings. The van der Waals surface area contributed by atoms with Gasteiger partial charge in [-0.05, 0) is 32.1 Å². The summed E-state index contributed by atoms with van der Waals surface area (Å²) in [5.74, 6) is 0.137. The molecule has 1 aromatic carbocycles. The molecule has 0 atom stereocenters. The summed E-state index contributed by atoms with van der Waals surface area (Å²) in [7, 11) is 0. The number of carbonyl (C=O) groups excluding carboxylic acids is 1. The van der Waals surface area contributed by atoms with Gasteiger partial charge in [0.25, 0.3) is 11.6 Å². The standard InChI is InChI=1S/C17H16N6O3S2/c1-4-8-22-14(20-21-17(22)27)13-10(3)18-16(28-13)19-15(24)11-6-5-7-12(9(11)2)23(25)26/h4-7H,1,8H2,2-3H3,(H,21,27)(H,18,19,24). The van der Waals surface area contributed by atoms with Crippen molar-refractivity contribution < 1.29 is 9.72 Å². The zero-order valence-electron chi connectivity index (χ0n) is 15.1. The molecule has 144 valence electrons. The van der Waals surface area contributed by atoms with Crippen molar-refractivity contribution in [2.24, 2.45) is 0 Å². The number of amides is 1. The number of nitro groups is 1. The molecule has 0 saturated heterocycles. The number of hydrogen-bond acceptors (Lipinski definition) is 7. The summed E-state index contributed by atoms with van der Waals surface area (Å²) in [6.45, 7) is 7.54. The summed E-state index contributed by atoms with van der Waals surface area (Å²) in [6.07, 6.45) is 1.71. The molecule has 0 aliphatic carbocycles. The van der Waals surface area contributed by atoms with Crippen LogP contribution in [0.3, 0.4) is 0 Å². The van der Waals surface area contributed by atoms with E-state index in [9.17, 15) is 14.9 Å². The molecule has 11 heteroatoms. The summed E-state index contributed by atoms with van der Waals surface area (Å²) in [4.78, 5) is 28.3. The highest BCUT2D eigenvalue weighted by atomic mass is 32.1. The average Bonchev–Trinajstić information content (AvgIpc) is 3.17. The monoisotopic (exact) mass is 416 g/mol. The number of aromatic amines is 1. The Labute approximate surface area is 168 Å². The number of rotatable bonds is 6. The molecule has 3 aromatic rings. The van der Waals surface area contributed by atoms with E-state index >= 15 is 0 Å². The Morgan fingerprint density at radius 2 is 2.25 bits per heavy atom. The van der Waals surface area contributed by atoms with Gasteiger partial charge < -0.3 is 0 Å². The molecule has 0 aliphatic heterocycles. The molecular weight excluding hydrogens is 400 g/mol. The van der Waals surface area contributed by atoms with E-state index in [0.29, 0.717) is 33.5 Å². The highest BCUT2D eigenvalue weighted by Gasteiger charge is 2.21. The number of aryl methyl sites for hydroxylation is 1. The molecule has 2 N–H and O–H groups in total. The van der Waals surface area contributed by atoms with Gasteiger partial charge in [0.05, 0.1) is 15.5 Å². The van der Waals surface area contributed by atoms with E-state index in [-0.39, 0.29) is 11.3 Å². The topological polar surface area (TPSA) is 119 Å². The van der Waals surface area contributed by atoms with E-state index in [1.807, 2.05) is 0 Å². The maximum absolute atomic E-state index is 12.6. The SMILES string of the molecule is C=CCn1c(-c2sc(NC(=O)c3cccc([N+](=O)[O-])c3C)nc2C)n[nH]c1=S. The number of nitrogens with zero attached hydrogens (tertiary/aromatic N) is 4. The number of benzene rings is 1. The second kappa shape index (κ2) is 7.82. The Hall–Kier alpha value is -3.18. The van der Waals surface area contributed by atoms with E-state index in [4.69, 9.17) is 12.2 Å². The van der Waals surface area contributed by atoms with Gasteiger partial charge in [-0.25, -0.2) is 4.98 Å². The van der Waals surface area contributed by atoms with Gasteiger partial charge >= 0.3 is 0 Å². The zero-order chi connectivity index (χ0) is 20.4. The van der Waals surface area contributed by atoms with Gasteiger partial charge in [0.2, 0.25) is 0 Å². The third-order valence-corrected chi connectivity index (χ3v) is 5.42. The highest BCUT2D eigenvalue weighted by molar-refractivity contribution is 7.71. The third kappa shape index (κ3) is 3.62. The lowest BCUT2D eigenvalue weighted by atomic mass is 10.1. The van der Waals surface area contributed by atoms with Gasteiger partial charge in [-0.2, -0.15) is 5.10 Å². The van der Waals surface area contributed by atoms with Gasteiger partial charge in [0.15, 0.2) is 15.7 Å². The van der Waals surface area contributed by atoms with E-state index in [2.05, 4.69) is 27.1 Å². The number of H-pyrrole nitrogens is 1. The van der Waals surface area contributed by atoms with Crippen LogP contribution in [0.25, 0.3) is 10.7 Å². The molecular formula is C17H16N6O3S2. The molecule has 2 heterocycles. The fourth-order valence-electron chi connectivity index (χ4n) is 2.68. The van der Waals surface area contributed by atoms with Gasteiger partial charge in [0.1, 0.15) is 0 Å². The number of nitrogens with one attached hydrogen (secondary N) is 2. The number of carbonyl (C=O) groups is 1. The zero-order valence-corrected chi connectivity index (χ0v) is 16.7. The van der Waals surface area contributed by atoms with E-state index < -0.39 is 10.8 Å². The first-order valence-electron chi connectivity index (χ1n) is 8.12. The molecule has 0 aliphatic rings. The van der Waals surface area contributed by atoms with E-state index in [1.54, 1.807) is 24.5 Å². The fourth-order valence-corrected chi connectivity index (χ4v) is 3.85. The number of allylic oxidation sites excluding steroid dienone is 1. The summed E-state index contributed by atoms with van der Waals surface area (Å²) < 4.78 is 2.24. The minimum Gasteiger partial charge on any atom is -0.298 e. The number of thiazole rings is 1. The molecule has 3 rings (SSSR count). The van der Waals surface area contributed by atoms with Crippen molar-refractivity contribution in [1.82, 2.24) is 19.7 Å². The van der Waals surface area contributed by atoms with Gasteiger partial charge in [-0.1, -0.05) is 23.5 Å². The Bertz CT molecular complexity index is 1140. The normalized spacial score (nSPS) is 10.6. The molecule has 1 amide bonds. The molecule has 9 nitrogen and oxygen atoms in total. The maximum Gasteiger partial charge on any atom is 0.273 e. The number of anilines is 1. The van der Waals surface area contributed by atoms with Crippen molar-refractivity contribution in [3.63, 3.8) is 0 Å². The molecule has 2 aromatic heterocycles. The molecule has 0 unspecified atom stereocenters. The lowest BCUT2D eigenvalue weighted by molar-refractivity contribution is -0.385.